The van der Waals surface area contributed by atoms with Crippen LogP contribution in [0, 0.1) is 5.92 Å². The second-order valence-corrected chi connectivity index (χ2v) is 5.85. The maximum Gasteiger partial charge on any atom is 0.304 e. The number of hydrogen-bond donors (Lipinski definition) is 2. The van der Waals surface area contributed by atoms with Crippen LogP contribution < -0.4 is 10.2 Å². The van der Waals surface area contributed by atoms with E-state index in [9.17, 15) is 9.59 Å². The summed E-state index contributed by atoms with van der Waals surface area (Å²) < 4.78 is 0. The summed E-state index contributed by atoms with van der Waals surface area (Å²) in [4.78, 5) is 25.6. The molecule has 1 saturated heterocycles. The van der Waals surface area contributed by atoms with Crippen LogP contribution in [0.2, 0.25) is 0 Å². The molecule has 0 bridgehead atoms. The molecule has 1 aromatic rings. The average molecular weight is 288 g/mol. The van der Waals surface area contributed by atoms with E-state index >= 15 is 0 Å². The summed E-state index contributed by atoms with van der Waals surface area (Å²) in [5.41, 5.74) is 1.87. The van der Waals surface area contributed by atoms with Gasteiger partial charge in [-0.2, -0.15) is 0 Å². The lowest BCUT2D eigenvalue weighted by Gasteiger charge is -2.27. The van der Waals surface area contributed by atoms with Crippen LogP contribution in [-0.4, -0.2) is 36.6 Å². The normalized spacial score (nSPS) is 24.7. The first-order valence-corrected chi connectivity index (χ1v) is 7.49. The van der Waals surface area contributed by atoms with Crippen LogP contribution in [0.1, 0.15) is 30.7 Å². The molecule has 0 aliphatic carbocycles. The minimum absolute atomic E-state index is 0.00961. The molecule has 0 spiro atoms. The van der Waals surface area contributed by atoms with Gasteiger partial charge in [0.15, 0.2) is 0 Å². The number of hydrogen-bond acceptors (Lipinski definition) is 3. The van der Waals surface area contributed by atoms with Crippen LogP contribution in [0.25, 0.3) is 0 Å². The number of carboxylic acid groups (broad SMARTS) is 1. The first kappa shape index (κ1) is 14.1. The molecule has 112 valence electrons. The Kier molecular flexibility index (Phi) is 3.92. The van der Waals surface area contributed by atoms with Gasteiger partial charge in [-0.3, -0.25) is 9.59 Å². The summed E-state index contributed by atoms with van der Waals surface area (Å²) in [7, 11) is 0. The largest absolute Gasteiger partial charge is 0.481 e. The summed E-state index contributed by atoms with van der Waals surface area (Å²) in [6, 6.07) is 7.67. The standard InChI is InChI=1S/C16H20N2O3/c19-15(20)8-12-10-18(14-6-2-1-5-13(12)14)16(21)11-4-3-7-17-9-11/h1-2,5-6,11-12,17H,3-4,7-10H2,(H,19,20)/t11-,12?/m1/s1. The van der Waals surface area contributed by atoms with E-state index in [0.29, 0.717) is 6.54 Å². The molecule has 0 saturated carbocycles. The number of rotatable bonds is 3. The van der Waals surface area contributed by atoms with Crippen LogP contribution in [0.3, 0.4) is 0 Å². The van der Waals surface area contributed by atoms with Crippen molar-refractivity contribution in [3.05, 3.63) is 29.8 Å². The third-order valence-electron chi connectivity index (χ3n) is 4.40. The van der Waals surface area contributed by atoms with Crippen molar-refractivity contribution in [1.29, 1.82) is 0 Å². The molecule has 1 unspecified atom stereocenters. The Morgan fingerprint density at radius 3 is 2.86 bits per heavy atom. The average Bonchev–Trinajstić information content (AvgIpc) is 2.86. The third kappa shape index (κ3) is 2.78. The molecule has 1 fully saturated rings. The Hall–Kier alpha value is -1.88. The van der Waals surface area contributed by atoms with Crippen molar-refractivity contribution >= 4 is 17.6 Å². The van der Waals surface area contributed by atoms with Crippen LogP contribution >= 0.6 is 0 Å². The number of nitrogens with zero attached hydrogens (tertiary/aromatic N) is 1. The van der Waals surface area contributed by atoms with E-state index in [1.54, 1.807) is 4.90 Å². The van der Waals surface area contributed by atoms with Crippen LogP contribution in [0.5, 0.6) is 0 Å². The van der Waals surface area contributed by atoms with Gasteiger partial charge in [0.1, 0.15) is 0 Å². The third-order valence-corrected chi connectivity index (χ3v) is 4.40. The quantitative estimate of drug-likeness (QED) is 0.886. The molecule has 2 N–H and O–H groups in total. The zero-order chi connectivity index (χ0) is 14.8. The SMILES string of the molecule is O=C(O)CC1CN(C(=O)[C@@H]2CCCNC2)c2ccccc21. The zero-order valence-electron chi connectivity index (χ0n) is 11.9. The Morgan fingerprint density at radius 2 is 2.14 bits per heavy atom. The van der Waals surface area contributed by atoms with E-state index in [0.717, 1.165) is 37.2 Å². The summed E-state index contributed by atoms with van der Waals surface area (Å²) in [5, 5.41) is 12.3. The fourth-order valence-corrected chi connectivity index (χ4v) is 3.37. The Labute approximate surface area is 123 Å². The molecule has 1 amide bonds. The molecule has 2 atom stereocenters. The number of fused-ring (bicyclic) bond motifs is 1. The minimum Gasteiger partial charge on any atom is -0.481 e. The Morgan fingerprint density at radius 1 is 1.33 bits per heavy atom. The summed E-state index contributed by atoms with van der Waals surface area (Å²) >= 11 is 0. The maximum absolute atomic E-state index is 12.7. The van der Waals surface area contributed by atoms with Gasteiger partial charge < -0.3 is 15.3 Å². The molecule has 3 rings (SSSR count). The highest BCUT2D eigenvalue weighted by Crippen LogP contribution is 2.39. The van der Waals surface area contributed by atoms with Crippen LogP contribution in [-0.2, 0) is 9.59 Å². The van der Waals surface area contributed by atoms with Gasteiger partial charge in [-0.25, -0.2) is 0 Å². The predicted octanol–water partition coefficient (Wildman–Crippen LogP) is 1.59. The second-order valence-electron chi connectivity index (χ2n) is 5.85. The van der Waals surface area contributed by atoms with Gasteiger partial charge in [0.25, 0.3) is 0 Å². The molecule has 2 aliphatic rings. The van der Waals surface area contributed by atoms with Crippen molar-refractivity contribution in [2.45, 2.75) is 25.2 Å². The van der Waals surface area contributed by atoms with Crippen LogP contribution in [0.15, 0.2) is 24.3 Å². The Bertz CT molecular complexity index is 552. The molecule has 5 nitrogen and oxygen atoms in total. The molecule has 5 heteroatoms. The molecular formula is C16H20N2O3. The van der Waals surface area contributed by atoms with E-state index in [2.05, 4.69) is 5.32 Å². The number of para-hydroxylation sites is 1. The molecule has 0 aromatic heterocycles. The monoisotopic (exact) mass is 288 g/mol. The lowest BCUT2D eigenvalue weighted by atomic mass is 9.98. The van der Waals surface area contributed by atoms with E-state index in [4.69, 9.17) is 5.11 Å². The zero-order valence-corrected chi connectivity index (χ0v) is 11.9. The lowest BCUT2D eigenvalue weighted by molar-refractivity contribution is -0.137. The van der Waals surface area contributed by atoms with E-state index in [1.807, 2.05) is 24.3 Å². The number of nitrogens with one attached hydrogen (secondary N) is 1. The molecule has 2 aliphatic heterocycles. The first-order chi connectivity index (χ1) is 10.2. The number of carboxylic acids is 1. The van der Waals surface area contributed by atoms with Gasteiger partial charge in [-0.1, -0.05) is 18.2 Å². The summed E-state index contributed by atoms with van der Waals surface area (Å²) in [5.74, 6) is -0.777. The summed E-state index contributed by atoms with van der Waals surface area (Å²) in [6.45, 7) is 2.18. The number of anilines is 1. The van der Waals surface area contributed by atoms with Gasteiger partial charge in [0, 0.05) is 24.7 Å². The van der Waals surface area contributed by atoms with E-state index in [1.165, 1.54) is 0 Å². The molecule has 0 radical (unpaired) electrons. The van der Waals surface area contributed by atoms with Crippen molar-refractivity contribution in [3.8, 4) is 0 Å². The fraction of sp³-hybridized carbons (Fsp3) is 0.500. The molecule has 21 heavy (non-hydrogen) atoms. The first-order valence-electron chi connectivity index (χ1n) is 7.49. The predicted molar refractivity (Wildman–Crippen MR) is 79.4 cm³/mol. The summed E-state index contributed by atoms with van der Waals surface area (Å²) in [6.07, 6.45) is 2.00. The number of piperidine rings is 1. The fourth-order valence-electron chi connectivity index (χ4n) is 3.37. The van der Waals surface area contributed by atoms with Crippen molar-refractivity contribution in [2.75, 3.05) is 24.5 Å². The number of aliphatic carboxylic acids is 1. The Balaban J connectivity index is 1.83. The highest BCUT2D eigenvalue weighted by atomic mass is 16.4. The number of benzene rings is 1. The number of carbonyl (C=O) groups excluding carboxylic acids is 1. The maximum atomic E-state index is 12.7. The van der Waals surface area contributed by atoms with E-state index in [-0.39, 0.29) is 24.2 Å². The van der Waals surface area contributed by atoms with Crippen molar-refractivity contribution in [1.82, 2.24) is 5.32 Å². The number of amides is 1. The van der Waals surface area contributed by atoms with Crippen molar-refractivity contribution < 1.29 is 14.7 Å². The molecule has 2 heterocycles. The highest BCUT2D eigenvalue weighted by molar-refractivity contribution is 5.97. The van der Waals surface area contributed by atoms with Gasteiger partial charge in [0.2, 0.25) is 5.91 Å². The second kappa shape index (κ2) is 5.85. The van der Waals surface area contributed by atoms with Gasteiger partial charge in [-0.05, 0) is 31.0 Å². The lowest BCUT2D eigenvalue weighted by Crippen LogP contribution is -2.42. The van der Waals surface area contributed by atoms with Crippen LogP contribution in [0.4, 0.5) is 5.69 Å². The number of carbonyl (C=O) groups is 2. The van der Waals surface area contributed by atoms with Crippen molar-refractivity contribution in [2.24, 2.45) is 5.92 Å². The van der Waals surface area contributed by atoms with E-state index < -0.39 is 5.97 Å². The molecular weight excluding hydrogens is 268 g/mol. The topological polar surface area (TPSA) is 69.6 Å². The smallest absolute Gasteiger partial charge is 0.304 e. The van der Waals surface area contributed by atoms with Gasteiger partial charge in [-0.15, -0.1) is 0 Å². The van der Waals surface area contributed by atoms with Gasteiger partial charge >= 0.3 is 5.97 Å². The van der Waals surface area contributed by atoms with Gasteiger partial charge in [0.05, 0.1) is 12.3 Å². The van der Waals surface area contributed by atoms with Crippen molar-refractivity contribution in [3.63, 3.8) is 0 Å². The molecule has 1 aromatic carbocycles. The highest BCUT2D eigenvalue weighted by Gasteiger charge is 2.36. The minimum atomic E-state index is -0.816.